The second-order valence-electron chi connectivity index (χ2n) is 34.6. The molecule has 0 unspecified atom stereocenters. The van der Waals surface area contributed by atoms with Gasteiger partial charge in [0.25, 0.3) is 0 Å². The summed E-state index contributed by atoms with van der Waals surface area (Å²) in [4.78, 5) is 70.7. The molecule has 0 rings (SSSR count). The number of aliphatic carboxylic acids is 6. The highest BCUT2D eigenvalue weighted by Crippen LogP contribution is 2.16. The van der Waals surface area contributed by atoms with Crippen molar-refractivity contribution in [3.8, 4) is 0 Å². The van der Waals surface area contributed by atoms with E-state index in [0.29, 0.717) is 0 Å². The molecule has 0 radical (unpaired) electrons. The molecule has 768 valence electrons. The Labute approximate surface area is 789 Å². The average Bonchev–Trinajstić information content (AvgIpc) is 1.10. The summed E-state index contributed by atoms with van der Waals surface area (Å²) < 4.78 is 0. The monoisotopic (exact) mass is 1810 g/mol. The SMILES string of the molecule is CCCCCCCCCCCC(=O)[O-].CCCCCCCCCCCC(=O)[O-].CCCCCCCCCCCC(=O)[O-].CCCCCCCCCCCC(=O)[O-].CCCCCCCCCCCC(=O)[O-].CCCCCCCCCCCC(=O)[O-].CC[NH+](CC)CC.CC[NH+](CC)CC.CC[NH+](CC)CC.CC[NH+](CC)CC.CC[NH+](CC)CC.CC[NH+](CC)CC. The van der Waals surface area contributed by atoms with Gasteiger partial charge in [-0.2, -0.15) is 0 Å². The zero-order valence-electron chi connectivity index (χ0n) is 90.1. The summed E-state index contributed by atoms with van der Waals surface area (Å²) in [6, 6.07) is 0. The van der Waals surface area contributed by atoms with Crippen molar-refractivity contribution in [1.29, 1.82) is 0 Å². The number of carboxylic acid groups (broad SMARTS) is 6. The van der Waals surface area contributed by atoms with Crippen LogP contribution in [0.25, 0.3) is 0 Å². The van der Waals surface area contributed by atoms with E-state index in [4.69, 9.17) is 0 Å². The van der Waals surface area contributed by atoms with Gasteiger partial charge in [-0.25, -0.2) is 0 Å². The zero-order valence-corrected chi connectivity index (χ0v) is 90.1. The van der Waals surface area contributed by atoms with Gasteiger partial charge in [0.2, 0.25) is 0 Å². The van der Waals surface area contributed by atoms with E-state index in [2.05, 4.69) is 166 Å². The largest absolute Gasteiger partial charge is 0.550 e. The Balaban J connectivity index is -0.000000114. The highest BCUT2D eigenvalue weighted by molar-refractivity contribution is 5.65. The van der Waals surface area contributed by atoms with E-state index in [0.717, 1.165) is 77.0 Å². The second kappa shape index (κ2) is 145. The number of carboxylic acids is 6. The summed E-state index contributed by atoms with van der Waals surface area (Å²) in [6.45, 7) is 76.2. The van der Waals surface area contributed by atoms with E-state index >= 15 is 0 Å². The van der Waals surface area contributed by atoms with Crippen LogP contribution in [0.2, 0.25) is 0 Å². The first-order chi connectivity index (χ1) is 60.7. The summed E-state index contributed by atoms with van der Waals surface area (Å²) >= 11 is 0. The van der Waals surface area contributed by atoms with Crippen molar-refractivity contribution in [3.05, 3.63) is 0 Å². The van der Waals surface area contributed by atoms with Crippen LogP contribution in [0.5, 0.6) is 0 Å². The van der Waals surface area contributed by atoms with Crippen LogP contribution in [-0.2, 0) is 28.8 Å². The molecule has 0 aromatic heterocycles. The highest BCUT2D eigenvalue weighted by Gasteiger charge is 2.02. The summed E-state index contributed by atoms with van der Waals surface area (Å²) in [6.07, 6.45) is 67.0. The lowest BCUT2D eigenvalue weighted by molar-refractivity contribution is -0.894. The van der Waals surface area contributed by atoms with Crippen LogP contribution in [0.15, 0.2) is 0 Å². The molecule has 0 saturated carbocycles. The number of rotatable bonds is 78. The molecule has 0 bridgehead atoms. The van der Waals surface area contributed by atoms with Gasteiger partial charge in [0.05, 0.1) is 118 Å². The van der Waals surface area contributed by atoms with Crippen molar-refractivity contribution >= 4 is 35.8 Å². The minimum Gasteiger partial charge on any atom is -0.550 e. The third-order valence-electron chi connectivity index (χ3n) is 23.9. The van der Waals surface area contributed by atoms with E-state index in [1.165, 1.54) is 387 Å². The molecule has 18 heteroatoms. The molecule has 0 fully saturated rings. The fourth-order valence-corrected chi connectivity index (χ4v) is 14.0. The number of nitrogens with one attached hydrogen (secondary N) is 6. The van der Waals surface area contributed by atoms with Gasteiger partial charge in [0.15, 0.2) is 0 Å². The standard InChI is InChI=1S/6C12H24O2.6C6H15N/c6*1-2-3-4-5-6-7-8-9-10-11-12(13)14;6*1-4-7(5-2)6-3/h6*2-11H2,1H3,(H,13,14);6*4-6H2,1-3H3. The lowest BCUT2D eigenvalue weighted by Gasteiger charge is -2.10. The molecule has 0 aromatic carbocycles. The van der Waals surface area contributed by atoms with Gasteiger partial charge < -0.3 is 88.8 Å². The maximum atomic E-state index is 10.1. The van der Waals surface area contributed by atoms with Crippen LogP contribution in [-0.4, -0.2) is 154 Å². The van der Waals surface area contributed by atoms with Crippen LogP contribution in [0.4, 0.5) is 0 Å². The van der Waals surface area contributed by atoms with Gasteiger partial charge >= 0.3 is 0 Å². The molecule has 0 aliphatic heterocycles. The Bertz CT molecular complexity index is 1530. The fourth-order valence-electron chi connectivity index (χ4n) is 14.0. The molecule has 0 heterocycles. The van der Waals surface area contributed by atoms with Crippen molar-refractivity contribution in [2.24, 2.45) is 0 Å². The maximum Gasteiger partial charge on any atom is 0.0742 e. The number of carbonyl (C=O) groups is 6. The third kappa shape index (κ3) is 177. The van der Waals surface area contributed by atoms with Gasteiger partial charge in [-0.3, -0.25) is 0 Å². The molecule has 0 atom stereocenters. The van der Waals surface area contributed by atoms with E-state index in [1.54, 1.807) is 29.4 Å². The maximum absolute atomic E-state index is 10.1. The normalized spacial score (nSPS) is 10.3. The Hall–Kier alpha value is -3.42. The van der Waals surface area contributed by atoms with Crippen LogP contribution < -0.4 is 60.0 Å². The Kier molecular flexibility index (Phi) is 170. The van der Waals surface area contributed by atoms with Gasteiger partial charge in [0.1, 0.15) is 0 Å². The summed E-state index contributed by atoms with van der Waals surface area (Å²) in [5.74, 6) is -5.46. The highest BCUT2D eigenvalue weighted by atomic mass is 16.4. The van der Waals surface area contributed by atoms with Crippen LogP contribution in [0, 0.1) is 0 Å². The van der Waals surface area contributed by atoms with Crippen molar-refractivity contribution in [2.75, 3.05) is 118 Å². The topological polar surface area (TPSA) is 267 Å². The molecular formula is C108H234N6O12. The first-order valence-electron chi connectivity index (χ1n) is 54.9. The fraction of sp³-hybridized carbons (Fsp3) is 0.944. The van der Waals surface area contributed by atoms with E-state index < -0.39 is 35.8 Å². The van der Waals surface area contributed by atoms with Gasteiger partial charge in [-0.1, -0.05) is 350 Å². The summed E-state index contributed by atoms with van der Waals surface area (Å²) in [5, 5.41) is 60.6. The Morgan fingerprint density at radius 2 is 0.183 bits per heavy atom. The number of quaternary nitrogens is 6. The number of hydrogen-bond donors (Lipinski definition) is 6. The molecule has 18 nitrogen and oxygen atoms in total. The first kappa shape index (κ1) is 148. The second-order valence-corrected chi connectivity index (χ2v) is 34.6. The minimum atomic E-state index is -0.909. The van der Waals surface area contributed by atoms with Crippen molar-refractivity contribution in [1.82, 2.24) is 0 Å². The quantitative estimate of drug-likeness (QED) is 0.0311. The first-order valence-corrected chi connectivity index (χ1v) is 54.9. The smallest absolute Gasteiger partial charge is 0.0742 e. The summed E-state index contributed by atoms with van der Waals surface area (Å²) in [5.41, 5.74) is 0. The van der Waals surface area contributed by atoms with Gasteiger partial charge in [0, 0.05) is 35.8 Å². The van der Waals surface area contributed by atoms with E-state index in [1.807, 2.05) is 0 Å². The predicted octanol–water partition coefficient (Wildman–Crippen LogP) is 15.5. The zero-order chi connectivity index (χ0) is 98.1. The van der Waals surface area contributed by atoms with Crippen LogP contribution >= 0.6 is 0 Å². The van der Waals surface area contributed by atoms with Crippen molar-refractivity contribution < 1.29 is 88.8 Å². The number of unbranched alkanes of at least 4 members (excludes halogenated alkanes) is 48. The Morgan fingerprint density at radius 1 is 0.119 bits per heavy atom. The van der Waals surface area contributed by atoms with Gasteiger partial charge in [-0.15, -0.1) is 0 Å². The molecule has 0 aromatic rings. The van der Waals surface area contributed by atoms with Crippen molar-refractivity contribution in [2.45, 2.75) is 551 Å². The lowest BCUT2D eigenvalue weighted by atomic mass is 10.1. The lowest BCUT2D eigenvalue weighted by Crippen LogP contribution is -3.11. The molecule has 126 heavy (non-hydrogen) atoms. The van der Waals surface area contributed by atoms with Crippen molar-refractivity contribution in [3.63, 3.8) is 0 Å². The number of carbonyl (C=O) groups excluding carboxylic acids is 6. The third-order valence-corrected chi connectivity index (χ3v) is 23.9. The van der Waals surface area contributed by atoms with E-state index in [9.17, 15) is 59.4 Å². The molecule has 0 aliphatic rings. The molecule has 0 spiro atoms. The van der Waals surface area contributed by atoms with Crippen LogP contribution in [0.1, 0.15) is 551 Å². The number of hydrogen-bond acceptors (Lipinski definition) is 12. The molecule has 6 N–H and O–H groups in total. The Morgan fingerprint density at radius 3 is 0.230 bits per heavy atom. The average molecular weight is 1810 g/mol. The predicted molar refractivity (Wildman–Crippen MR) is 537 cm³/mol. The minimum absolute atomic E-state index is 0.232. The summed E-state index contributed by atoms with van der Waals surface area (Å²) in [7, 11) is 0. The molecule has 0 amide bonds. The molecule has 0 saturated heterocycles. The molecule has 0 aliphatic carbocycles. The van der Waals surface area contributed by atoms with Crippen LogP contribution in [0.3, 0.4) is 0 Å². The van der Waals surface area contributed by atoms with E-state index in [-0.39, 0.29) is 38.5 Å². The molecular weight excluding hydrogens is 1570 g/mol. The van der Waals surface area contributed by atoms with Gasteiger partial charge in [-0.05, 0) is 202 Å².